The van der Waals surface area contributed by atoms with Gasteiger partial charge < -0.3 is 0 Å². The number of hydrogen-bond acceptors (Lipinski definition) is 4. The highest BCUT2D eigenvalue weighted by molar-refractivity contribution is 5.90. The Labute approximate surface area is 109 Å². The molecule has 90 valence electrons. The Kier molecular flexibility index (Phi) is 2.14. The molecule has 4 heteroatoms. The molecule has 0 aromatic heterocycles. The molecule has 0 spiro atoms. The number of aliphatic imine (C=N–C) groups is 1. The van der Waals surface area contributed by atoms with Gasteiger partial charge in [-0.25, -0.2) is 9.98 Å². The number of fused-ring (bicyclic) bond motifs is 2. The van der Waals surface area contributed by atoms with Crippen LogP contribution in [0.3, 0.4) is 0 Å². The molecule has 0 atom stereocenters. The van der Waals surface area contributed by atoms with Crippen molar-refractivity contribution in [2.24, 2.45) is 20.2 Å². The largest absolute Gasteiger partial charge is 0.231 e. The maximum absolute atomic E-state index is 4.57. The van der Waals surface area contributed by atoms with Crippen LogP contribution in [0.1, 0.15) is 5.56 Å². The van der Waals surface area contributed by atoms with Crippen molar-refractivity contribution < 1.29 is 0 Å². The fraction of sp³-hybridized carbons (Fsp3) is 0.0667. The lowest BCUT2D eigenvalue weighted by Crippen LogP contribution is -2.06. The average Bonchev–Trinajstić information content (AvgIpc) is 3.01. The summed E-state index contributed by atoms with van der Waals surface area (Å²) in [7, 11) is 0. The van der Waals surface area contributed by atoms with Crippen LogP contribution in [0, 0.1) is 0 Å². The van der Waals surface area contributed by atoms with Gasteiger partial charge in [0.25, 0.3) is 0 Å². The molecule has 0 aliphatic carbocycles. The summed E-state index contributed by atoms with van der Waals surface area (Å²) in [6.45, 7) is 0. The van der Waals surface area contributed by atoms with Crippen molar-refractivity contribution in [3.05, 3.63) is 58.6 Å². The molecule has 0 unspecified atom stereocenters. The lowest BCUT2D eigenvalue weighted by atomic mass is 10.1. The Morgan fingerprint density at radius 2 is 1.79 bits per heavy atom. The maximum Gasteiger partial charge on any atom is 0.134 e. The van der Waals surface area contributed by atoms with E-state index in [2.05, 4.69) is 32.3 Å². The molecule has 0 N–H and O–H groups in total. The number of hydrogen-bond donors (Lipinski definition) is 0. The Hall–Kier alpha value is -2.62. The Bertz CT molecular complexity index is 832. The fourth-order valence-corrected chi connectivity index (χ4v) is 2.26. The third-order valence-corrected chi connectivity index (χ3v) is 3.19. The molecule has 2 aromatic carbocycles. The second-order valence-corrected chi connectivity index (χ2v) is 4.55. The van der Waals surface area contributed by atoms with Gasteiger partial charge in [-0.1, -0.05) is 30.3 Å². The monoisotopic (exact) mass is 246 g/mol. The van der Waals surface area contributed by atoms with E-state index in [1.807, 2.05) is 30.3 Å². The predicted octanol–water partition coefficient (Wildman–Crippen LogP) is 2.43. The van der Waals surface area contributed by atoms with E-state index in [-0.39, 0.29) is 0 Å². The molecular weight excluding hydrogens is 236 g/mol. The number of rotatable bonds is 2. The molecule has 2 heterocycles. The summed E-state index contributed by atoms with van der Waals surface area (Å²) in [5.74, 6) is 0.849. The molecule has 0 saturated heterocycles. The molecule has 0 radical (unpaired) electrons. The Balaban J connectivity index is 1.72. The number of nitrogens with zero attached hydrogens (tertiary/aromatic N) is 4. The molecule has 2 aliphatic heterocycles. The van der Waals surface area contributed by atoms with E-state index in [0.717, 1.165) is 34.2 Å². The minimum atomic E-state index is 0.755. The van der Waals surface area contributed by atoms with Crippen molar-refractivity contribution in [2.75, 3.05) is 0 Å². The van der Waals surface area contributed by atoms with E-state index in [9.17, 15) is 0 Å². The maximum atomic E-state index is 4.57. The SMILES string of the molecule is C1=c2cc3c(cc2N=N1)=NC(Cc1ccccc1)=N3. The van der Waals surface area contributed by atoms with Crippen LogP contribution in [-0.2, 0) is 6.42 Å². The fourth-order valence-electron chi connectivity index (χ4n) is 2.26. The summed E-state index contributed by atoms with van der Waals surface area (Å²) in [6.07, 6.45) is 2.51. The van der Waals surface area contributed by atoms with Gasteiger partial charge in [0.2, 0.25) is 0 Å². The molecule has 4 rings (SSSR count). The molecule has 2 aliphatic rings. The first-order valence-electron chi connectivity index (χ1n) is 6.14. The zero-order valence-corrected chi connectivity index (χ0v) is 10.1. The second kappa shape index (κ2) is 3.95. The van der Waals surface area contributed by atoms with Gasteiger partial charge in [0.1, 0.15) is 5.84 Å². The third kappa shape index (κ3) is 1.78. The smallest absolute Gasteiger partial charge is 0.134 e. The van der Waals surface area contributed by atoms with Gasteiger partial charge in [-0.2, -0.15) is 10.2 Å². The van der Waals surface area contributed by atoms with Crippen LogP contribution in [0.4, 0.5) is 11.4 Å². The lowest BCUT2D eigenvalue weighted by molar-refractivity contribution is 1.28. The van der Waals surface area contributed by atoms with Crippen molar-refractivity contribution in [1.82, 2.24) is 0 Å². The lowest BCUT2D eigenvalue weighted by Gasteiger charge is -1.97. The van der Waals surface area contributed by atoms with Crippen molar-refractivity contribution in [1.29, 1.82) is 0 Å². The predicted molar refractivity (Wildman–Crippen MR) is 73.4 cm³/mol. The van der Waals surface area contributed by atoms with E-state index in [0.29, 0.717) is 0 Å². The molecular formula is C15H10N4. The average molecular weight is 246 g/mol. The molecule has 0 fully saturated rings. The summed E-state index contributed by atoms with van der Waals surface area (Å²) in [4.78, 5) is 9.13. The summed E-state index contributed by atoms with van der Waals surface area (Å²) < 4.78 is 0. The zero-order valence-electron chi connectivity index (χ0n) is 10.1. The summed E-state index contributed by atoms with van der Waals surface area (Å²) in [5.41, 5.74) is 3.00. The van der Waals surface area contributed by atoms with Crippen LogP contribution in [0.25, 0.3) is 6.20 Å². The highest BCUT2D eigenvalue weighted by atomic mass is 15.1. The minimum Gasteiger partial charge on any atom is -0.231 e. The van der Waals surface area contributed by atoms with E-state index in [1.165, 1.54) is 5.56 Å². The van der Waals surface area contributed by atoms with Crippen molar-refractivity contribution in [3.63, 3.8) is 0 Å². The quantitative estimate of drug-likeness (QED) is 0.781. The standard InChI is InChI=1S/C15H10N4/c1-2-4-10(5-3-1)6-15-17-13-7-11-9-16-19-12(11)8-14(13)18-15/h1-5,7-9H,6H2. The Morgan fingerprint density at radius 3 is 2.68 bits per heavy atom. The molecule has 2 aromatic rings. The highest BCUT2D eigenvalue weighted by Gasteiger charge is 2.11. The normalized spacial score (nSPS) is 14.4. The topological polar surface area (TPSA) is 49.4 Å². The van der Waals surface area contributed by atoms with Gasteiger partial charge in [0.05, 0.1) is 22.9 Å². The molecule has 0 amide bonds. The van der Waals surface area contributed by atoms with Crippen LogP contribution in [-0.4, -0.2) is 5.84 Å². The molecule has 19 heavy (non-hydrogen) atoms. The van der Waals surface area contributed by atoms with Gasteiger partial charge in [0, 0.05) is 11.6 Å². The number of amidine groups is 1. The van der Waals surface area contributed by atoms with Gasteiger partial charge in [-0.05, 0) is 17.7 Å². The van der Waals surface area contributed by atoms with Gasteiger partial charge >= 0.3 is 0 Å². The van der Waals surface area contributed by atoms with Crippen LogP contribution in [0.15, 0.2) is 62.7 Å². The summed E-state index contributed by atoms with van der Waals surface area (Å²) >= 11 is 0. The van der Waals surface area contributed by atoms with E-state index in [4.69, 9.17) is 0 Å². The number of azo groups is 1. The number of benzene rings is 2. The van der Waals surface area contributed by atoms with Gasteiger partial charge in [0.15, 0.2) is 0 Å². The van der Waals surface area contributed by atoms with Gasteiger partial charge in [-0.3, -0.25) is 0 Å². The first-order valence-corrected chi connectivity index (χ1v) is 6.14. The summed E-state index contributed by atoms with van der Waals surface area (Å²) in [5, 5.41) is 9.83. The Morgan fingerprint density at radius 1 is 0.895 bits per heavy atom. The second-order valence-electron chi connectivity index (χ2n) is 4.55. The highest BCUT2D eigenvalue weighted by Crippen LogP contribution is 2.17. The third-order valence-electron chi connectivity index (χ3n) is 3.19. The van der Waals surface area contributed by atoms with E-state index < -0.39 is 0 Å². The van der Waals surface area contributed by atoms with Crippen LogP contribution in [0.5, 0.6) is 0 Å². The van der Waals surface area contributed by atoms with Crippen LogP contribution >= 0.6 is 0 Å². The van der Waals surface area contributed by atoms with Crippen molar-refractivity contribution >= 4 is 23.4 Å². The van der Waals surface area contributed by atoms with E-state index in [1.54, 1.807) is 6.20 Å². The van der Waals surface area contributed by atoms with Crippen LogP contribution in [0.2, 0.25) is 0 Å². The first kappa shape index (κ1) is 10.3. The minimum absolute atomic E-state index is 0.755. The molecule has 0 saturated carbocycles. The molecule has 4 nitrogen and oxygen atoms in total. The zero-order chi connectivity index (χ0) is 12.7. The van der Waals surface area contributed by atoms with Crippen LogP contribution < -0.4 is 10.6 Å². The summed E-state index contributed by atoms with van der Waals surface area (Å²) in [6, 6.07) is 14.2. The van der Waals surface area contributed by atoms with Crippen molar-refractivity contribution in [2.45, 2.75) is 6.42 Å². The first-order chi connectivity index (χ1) is 9.38. The van der Waals surface area contributed by atoms with E-state index >= 15 is 0 Å². The molecule has 0 bridgehead atoms. The van der Waals surface area contributed by atoms with Gasteiger partial charge in [-0.15, -0.1) is 0 Å². The van der Waals surface area contributed by atoms with Crippen molar-refractivity contribution in [3.8, 4) is 0 Å².